The van der Waals surface area contributed by atoms with E-state index in [9.17, 15) is 14.7 Å². The van der Waals surface area contributed by atoms with Crippen molar-refractivity contribution in [3.63, 3.8) is 0 Å². The van der Waals surface area contributed by atoms with E-state index in [1.165, 1.54) is 14.2 Å². The second-order valence-electron chi connectivity index (χ2n) is 8.70. The number of hydrogen-bond acceptors (Lipinski definition) is 6. The maximum atomic E-state index is 11.4. The Morgan fingerprint density at radius 2 is 1.28 bits per heavy atom. The van der Waals surface area contributed by atoms with E-state index in [4.69, 9.17) is 14.2 Å². The lowest BCUT2D eigenvalue weighted by Crippen LogP contribution is -2.22. The van der Waals surface area contributed by atoms with Gasteiger partial charge in [0.2, 0.25) is 0 Å². The molecular weight excluding hydrogens is 372 g/mol. The van der Waals surface area contributed by atoms with Gasteiger partial charge in [0.25, 0.3) is 0 Å². The first-order chi connectivity index (χ1) is 13.5. The highest BCUT2D eigenvalue weighted by atomic mass is 16.5. The summed E-state index contributed by atoms with van der Waals surface area (Å²) >= 11 is 0. The molecule has 1 aromatic carbocycles. The minimum absolute atomic E-state index is 0.213. The van der Waals surface area contributed by atoms with E-state index >= 15 is 0 Å². The van der Waals surface area contributed by atoms with Gasteiger partial charge in [0, 0.05) is 24.0 Å². The van der Waals surface area contributed by atoms with Crippen LogP contribution in [0, 0.1) is 0 Å². The van der Waals surface area contributed by atoms with Crippen molar-refractivity contribution >= 4 is 11.9 Å². The number of carbonyl (C=O) groups is 2. The molecule has 29 heavy (non-hydrogen) atoms. The molecule has 164 valence electrons. The van der Waals surface area contributed by atoms with Crippen LogP contribution in [0.1, 0.15) is 77.3 Å². The predicted molar refractivity (Wildman–Crippen MR) is 112 cm³/mol. The molecule has 0 spiro atoms. The zero-order valence-corrected chi connectivity index (χ0v) is 18.9. The van der Waals surface area contributed by atoms with Gasteiger partial charge in [-0.2, -0.15) is 0 Å². The Morgan fingerprint density at radius 3 is 1.69 bits per heavy atom. The van der Waals surface area contributed by atoms with Gasteiger partial charge < -0.3 is 19.3 Å². The van der Waals surface area contributed by atoms with Gasteiger partial charge in [0.15, 0.2) is 0 Å². The van der Waals surface area contributed by atoms with Crippen LogP contribution in [0.3, 0.4) is 0 Å². The molecule has 1 aromatic rings. The normalized spacial score (nSPS) is 11.8. The van der Waals surface area contributed by atoms with E-state index in [0.29, 0.717) is 31.4 Å². The number of methoxy groups -OCH3 is 3. The third kappa shape index (κ3) is 6.94. The Labute approximate surface area is 174 Å². The first-order valence-corrected chi connectivity index (χ1v) is 10.0. The molecule has 0 bridgehead atoms. The van der Waals surface area contributed by atoms with Crippen LogP contribution in [-0.4, -0.2) is 38.4 Å². The van der Waals surface area contributed by atoms with Gasteiger partial charge in [-0.3, -0.25) is 9.59 Å². The average molecular weight is 409 g/mol. The SMILES string of the molecule is COC(=O)CCCC(C)(C)c1cc(OC)c(C(C)(C)CCCC(=O)OC)cc1O. The van der Waals surface area contributed by atoms with Gasteiger partial charge in [-0.25, -0.2) is 0 Å². The molecule has 1 N–H and O–H groups in total. The van der Waals surface area contributed by atoms with Gasteiger partial charge in [0.1, 0.15) is 11.5 Å². The maximum absolute atomic E-state index is 11.4. The van der Waals surface area contributed by atoms with Crippen LogP contribution < -0.4 is 4.74 Å². The van der Waals surface area contributed by atoms with Crippen molar-refractivity contribution in [1.82, 2.24) is 0 Å². The zero-order chi connectivity index (χ0) is 22.2. The first-order valence-electron chi connectivity index (χ1n) is 10.0. The number of carbonyl (C=O) groups excluding carboxylic acids is 2. The monoisotopic (exact) mass is 408 g/mol. The maximum Gasteiger partial charge on any atom is 0.305 e. The molecule has 0 saturated heterocycles. The molecule has 0 fully saturated rings. The summed E-state index contributed by atoms with van der Waals surface area (Å²) in [6, 6.07) is 3.67. The lowest BCUT2D eigenvalue weighted by molar-refractivity contribution is -0.141. The summed E-state index contributed by atoms with van der Waals surface area (Å²) in [7, 11) is 4.39. The molecule has 0 atom stereocenters. The minimum Gasteiger partial charge on any atom is -0.508 e. The summed E-state index contributed by atoms with van der Waals surface area (Å²) < 4.78 is 15.1. The van der Waals surface area contributed by atoms with Gasteiger partial charge in [0.05, 0.1) is 21.3 Å². The fourth-order valence-electron chi connectivity index (χ4n) is 3.63. The number of hydrogen-bond donors (Lipinski definition) is 1. The summed E-state index contributed by atoms with van der Waals surface area (Å²) in [5.41, 5.74) is 1.06. The Balaban J connectivity index is 3.06. The van der Waals surface area contributed by atoms with Crippen LogP contribution in [-0.2, 0) is 29.9 Å². The molecule has 0 unspecified atom stereocenters. The molecule has 0 amide bonds. The van der Waals surface area contributed by atoms with Crippen molar-refractivity contribution in [3.8, 4) is 11.5 Å². The van der Waals surface area contributed by atoms with E-state index in [0.717, 1.165) is 24.0 Å². The molecule has 0 aliphatic carbocycles. The smallest absolute Gasteiger partial charge is 0.305 e. The van der Waals surface area contributed by atoms with Crippen LogP contribution >= 0.6 is 0 Å². The van der Waals surface area contributed by atoms with Crippen molar-refractivity contribution in [1.29, 1.82) is 0 Å². The first kappa shape index (κ1) is 24.8. The van der Waals surface area contributed by atoms with Crippen LogP contribution in [0.5, 0.6) is 11.5 Å². The summed E-state index contributed by atoms with van der Waals surface area (Å²) in [5, 5.41) is 10.8. The Hall–Kier alpha value is -2.24. The number of ether oxygens (including phenoxy) is 3. The predicted octanol–water partition coefficient (Wildman–Crippen LogP) is 4.64. The number of aromatic hydroxyl groups is 1. The topological polar surface area (TPSA) is 82.1 Å². The van der Waals surface area contributed by atoms with Gasteiger partial charge in [-0.15, -0.1) is 0 Å². The van der Waals surface area contributed by atoms with Gasteiger partial charge in [-0.05, 0) is 48.6 Å². The van der Waals surface area contributed by atoms with Crippen molar-refractivity contribution in [2.24, 2.45) is 0 Å². The van der Waals surface area contributed by atoms with E-state index in [1.54, 1.807) is 13.2 Å². The number of phenolic OH excluding ortho intramolecular Hbond substituents is 1. The van der Waals surface area contributed by atoms with E-state index in [2.05, 4.69) is 13.8 Å². The highest BCUT2D eigenvalue weighted by Crippen LogP contribution is 2.43. The van der Waals surface area contributed by atoms with Gasteiger partial charge in [-0.1, -0.05) is 27.7 Å². The molecule has 0 aliphatic heterocycles. The summed E-state index contributed by atoms with van der Waals surface area (Å²) in [6.45, 7) is 8.23. The zero-order valence-electron chi connectivity index (χ0n) is 18.9. The third-order valence-corrected chi connectivity index (χ3v) is 5.60. The Bertz CT molecular complexity index is 706. The summed E-state index contributed by atoms with van der Waals surface area (Å²) in [6.07, 6.45) is 3.54. The standard InChI is InChI=1S/C23H36O6/c1-22(2,12-8-10-20(25)28-6)16-15-19(27-5)17(14-18(16)24)23(3,4)13-9-11-21(26)29-7/h14-15,24H,8-13H2,1-7H3. The van der Waals surface area contributed by atoms with Crippen molar-refractivity contribution < 1.29 is 28.9 Å². The lowest BCUT2D eigenvalue weighted by atomic mass is 9.75. The molecule has 0 aromatic heterocycles. The Morgan fingerprint density at radius 1 is 0.828 bits per heavy atom. The van der Waals surface area contributed by atoms with E-state index in [1.807, 2.05) is 19.9 Å². The Kier molecular flexibility index (Phi) is 8.99. The number of benzene rings is 1. The quantitative estimate of drug-likeness (QED) is 0.537. The second-order valence-corrected chi connectivity index (χ2v) is 8.70. The molecule has 1 rings (SSSR count). The highest BCUT2D eigenvalue weighted by Gasteiger charge is 2.30. The molecule has 0 radical (unpaired) electrons. The highest BCUT2D eigenvalue weighted by molar-refractivity contribution is 5.69. The fraction of sp³-hybridized carbons (Fsp3) is 0.652. The van der Waals surface area contributed by atoms with Crippen molar-refractivity contribution in [2.45, 2.75) is 77.0 Å². The van der Waals surface area contributed by atoms with Crippen molar-refractivity contribution in [2.75, 3.05) is 21.3 Å². The average Bonchev–Trinajstić information content (AvgIpc) is 2.66. The molecule has 6 nitrogen and oxygen atoms in total. The largest absolute Gasteiger partial charge is 0.508 e. The van der Waals surface area contributed by atoms with E-state index < -0.39 is 0 Å². The van der Waals surface area contributed by atoms with Crippen LogP contribution in [0.2, 0.25) is 0 Å². The van der Waals surface area contributed by atoms with Crippen LogP contribution in [0.25, 0.3) is 0 Å². The molecule has 0 heterocycles. The molecule has 0 saturated carbocycles. The van der Waals surface area contributed by atoms with Crippen LogP contribution in [0.15, 0.2) is 12.1 Å². The molecule has 0 aliphatic rings. The number of phenols is 1. The summed E-state index contributed by atoms with van der Waals surface area (Å²) in [4.78, 5) is 22.8. The van der Waals surface area contributed by atoms with Crippen molar-refractivity contribution in [3.05, 3.63) is 23.3 Å². The van der Waals surface area contributed by atoms with Crippen LogP contribution in [0.4, 0.5) is 0 Å². The van der Waals surface area contributed by atoms with Gasteiger partial charge >= 0.3 is 11.9 Å². The molecule has 6 heteroatoms. The third-order valence-electron chi connectivity index (χ3n) is 5.60. The molecular formula is C23H36O6. The number of esters is 2. The lowest BCUT2D eigenvalue weighted by Gasteiger charge is -2.31. The second kappa shape index (κ2) is 10.5. The minimum atomic E-state index is -0.334. The fourth-order valence-corrected chi connectivity index (χ4v) is 3.63. The van der Waals surface area contributed by atoms with E-state index in [-0.39, 0.29) is 28.5 Å². The number of rotatable bonds is 11. The summed E-state index contributed by atoms with van der Waals surface area (Å²) in [5.74, 6) is 0.471.